The van der Waals surface area contributed by atoms with Crippen molar-refractivity contribution < 1.29 is 9.50 Å². The fourth-order valence-electron chi connectivity index (χ4n) is 2.57. The summed E-state index contributed by atoms with van der Waals surface area (Å²) in [6, 6.07) is 6.35. The van der Waals surface area contributed by atoms with E-state index >= 15 is 0 Å². The molecule has 1 fully saturated rings. The van der Waals surface area contributed by atoms with Crippen LogP contribution in [0.3, 0.4) is 0 Å². The van der Waals surface area contributed by atoms with Crippen LogP contribution in [0.1, 0.15) is 39.5 Å². The Bertz CT molecular complexity index is 389. The van der Waals surface area contributed by atoms with Gasteiger partial charge in [-0.2, -0.15) is 0 Å². The van der Waals surface area contributed by atoms with Gasteiger partial charge in [-0.25, -0.2) is 4.39 Å². The van der Waals surface area contributed by atoms with Gasteiger partial charge in [-0.05, 0) is 55.4 Å². The number of benzene rings is 1. The Morgan fingerprint density at radius 3 is 2.17 bits per heavy atom. The van der Waals surface area contributed by atoms with Crippen molar-refractivity contribution in [2.75, 3.05) is 11.9 Å². The molecule has 0 atom stereocenters. The molecule has 2 rings (SSSR count). The molecule has 1 aliphatic carbocycles. The minimum absolute atomic E-state index is 0.125. The van der Waals surface area contributed by atoms with Crippen LogP contribution in [0.5, 0.6) is 0 Å². The summed E-state index contributed by atoms with van der Waals surface area (Å²) in [5, 5.41) is 13.1. The molecule has 0 aliphatic heterocycles. The first-order valence-corrected chi connectivity index (χ1v) is 6.59. The maximum absolute atomic E-state index is 12.9. The highest BCUT2D eigenvalue weighted by Crippen LogP contribution is 2.41. The number of nitrogens with one attached hydrogen (secondary N) is 1. The molecule has 0 radical (unpaired) electrons. The number of aliphatic hydroxyl groups is 1. The smallest absolute Gasteiger partial charge is 0.123 e. The molecule has 0 bridgehead atoms. The van der Waals surface area contributed by atoms with Crippen molar-refractivity contribution in [3.05, 3.63) is 30.1 Å². The van der Waals surface area contributed by atoms with Crippen molar-refractivity contribution in [1.29, 1.82) is 0 Å². The fourth-order valence-corrected chi connectivity index (χ4v) is 2.57. The van der Waals surface area contributed by atoms with Gasteiger partial charge < -0.3 is 10.4 Å². The summed E-state index contributed by atoms with van der Waals surface area (Å²) in [7, 11) is 0. The third kappa shape index (κ3) is 3.02. The normalized spacial score (nSPS) is 21.6. The lowest BCUT2D eigenvalue weighted by molar-refractivity contribution is 0.118. The molecule has 100 valence electrons. The number of hydrogen-bond acceptors (Lipinski definition) is 2. The van der Waals surface area contributed by atoms with E-state index < -0.39 is 0 Å². The van der Waals surface area contributed by atoms with Crippen LogP contribution < -0.4 is 5.32 Å². The van der Waals surface area contributed by atoms with Crippen molar-refractivity contribution in [2.24, 2.45) is 5.41 Å². The molecule has 0 spiro atoms. The standard InChI is InChI=1S/C15H22FNO/c1-14(2)7-9-15(11-18,10-8-14)17-13-5-3-12(16)4-6-13/h3-6,17-18H,7-11H2,1-2H3. The minimum atomic E-state index is -0.243. The first-order chi connectivity index (χ1) is 8.45. The molecule has 0 amide bonds. The van der Waals surface area contributed by atoms with Crippen molar-refractivity contribution in [3.8, 4) is 0 Å². The van der Waals surface area contributed by atoms with Gasteiger partial charge in [0, 0.05) is 5.69 Å². The molecule has 1 aromatic carbocycles. The van der Waals surface area contributed by atoms with E-state index in [2.05, 4.69) is 19.2 Å². The molecule has 3 heteroatoms. The number of aliphatic hydroxyl groups excluding tert-OH is 1. The second-order valence-corrected chi connectivity index (χ2v) is 6.23. The van der Waals surface area contributed by atoms with Gasteiger partial charge in [-0.3, -0.25) is 0 Å². The zero-order valence-corrected chi connectivity index (χ0v) is 11.2. The second kappa shape index (κ2) is 4.88. The Morgan fingerprint density at radius 1 is 1.11 bits per heavy atom. The van der Waals surface area contributed by atoms with E-state index in [4.69, 9.17) is 0 Å². The van der Waals surface area contributed by atoms with E-state index in [1.807, 2.05) is 0 Å². The molecule has 1 aromatic rings. The molecule has 0 aromatic heterocycles. The number of anilines is 1. The summed E-state index contributed by atoms with van der Waals surface area (Å²) < 4.78 is 12.9. The summed E-state index contributed by atoms with van der Waals surface area (Å²) in [4.78, 5) is 0. The first-order valence-electron chi connectivity index (χ1n) is 6.59. The van der Waals surface area contributed by atoms with Crippen molar-refractivity contribution in [1.82, 2.24) is 0 Å². The quantitative estimate of drug-likeness (QED) is 0.860. The van der Waals surface area contributed by atoms with Gasteiger partial charge in [0.2, 0.25) is 0 Å². The zero-order chi connectivity index (χ0) is 13.2. The van der Waals surface area contributed by atoms with Gasteiger partial charge in [0.15, 0.2) is 0 Å². The van der Waals surface area contributed by atoms with Crippen LogP contribution in [0.2, 0.25) is 0 Å². The highest BCUT2D eigenvalue weighted by molar-refractivity contribution is 5.45. The van der Waals surface area contributed by atoms with Crippen molar-refractivity contribution >= 4 is 5.69 Å². The fraction of sp³-hybridized carbons (Fsp3) is 0.600. The molecular formula is C15H22FNO. The molecule has 1 saturated carbocycles. The van der Waals surface area contributed by atoms with E-state index in [-0.39, 0.29) is 18.0 Å². The summed E-state index contributed by atoms with van der Waals surface area (Å²) >= 11 is 0. The van der Waals surface area contributed by atoms with Crippen LogP contribution in [-0.4, -0.2) is 17.3 Å². The van der Waals surface area contributed by atoms with Crippen LogP contribution in [0.15, 0.2) is 24.3 Å². The first kappa shape index (κ1) is 13.3. The number of rotatable bonds is 3. The Hall–Kier alpha value is -1.09. The van der Waals surface area contributed by atoms with Crippen molar-refractivity contribution in [2.45, 2.75) is 45.1 Å². The van der Waals surface area contributed by atoms with Crippen LogP contribution in [0, 0.1) is 11.2 Å². The third-order valence-electron chi connectivity index (χ3n) is 4.12. The minimum Gasteiger partial charge on any atom is -0.394 e. The molecule has 2 N–H and O–H groups in total. The zero-order valence-electron chi connectivity index (χ0n) is 11.2. The summed E-state index contributed by atoms with van der Waals surface area (Å²) in [6.07, 6.45) is 4.10. The van der Waals surface area contributed by atoms with Gasteiger partial charge in [0.1, 0.15) is 5.82 Å². The maximum Gasteiger partial charge on any atom is 0.123 e. The van der Waals surface area contributed by atoms with E-state index in [0.717, 1.165) is 31.4 Å². The Kier molecular flexibility index (Phi) is 3.62. The topological polar surface area (TPSA) is 32.3 Å². The highest BCUT2D eigenvalue weighted by atomic mass is 19.1. The maximum atomic E-state index is 12.9. The summed E-state index contributed by atoms with van der Waals surface area (Å²) in [5.41, 5.74) is 1.00. The lowest BCUT2D eigenvalue weighted by atomic mass is 9.69. The van der Waals surface area contributed by atoms with E-state index in [1.54, 1.807) is 12.1 Å². The molecule has 2 nitrogen and oxygen atoms in total. The largest absolute Gasteiger partial charge is 0.394 e. The lowest BCUT2D eigenvalue weighted by Crippen LogP contribution is -2.46. The van der Waals surface area contributed by atoms with Gasteiger partial charge in [-0.15, -0.1) is 0 Å². The van der Waals surface area contributed by atoms with E-state index in [9.17, 15) is 9.50 Å². The summed E-state index contributed by atoms with van der Waals surface area (Å²) in [6.45, 7) is 4.67. The molecule has 0 heterocycles. The van der Waals surface area contributed by atoms with Gasteiger partial charge in [-0.1, -0.05) is 13.8 Å². The van der Waals surface area contributed by atoms with Crippen LogP contribution in [0.25, 0.3) is 0 Å². The van der Waals surface area contributed by atoms with Gasteiger partial charge in [0.25, 0.3) is 0 Å². The Balaban J connectivity index is 2.07. The predicted octanol–water partition coefficient (Wildman–Crippen LogP) is 3.57. The molecule has 1 aliphatic rings. The molecule has 0 unspecified atom stereocenters. The van der Waals surface area contributed by atoms with E-state index in [1.165, 1.54) is 12.1 Å². The highest BCUT2D eigenvalue weighted by Gasteiger charge is 2.37. The van der Waals surface area contributed by atoms with Crippen LogP contribution in [-0.2, 0) is 0 Å². The monoisotopic (exact) mass is 251 g/mol. The lowest BCUT2D eigenvalue weighted by Gasteiger charge is -2.43. The average Bonchev–Trinajstić information content (AvgIpc) is 2.35. The van der Waals surface area contributed by atoms with Gasteiger partial charge in [0.05, 0.1) is 12.1 Å². The third-order valence-corrected chi connectivity index (χ3v) is 4.12. The SMILES string of the molecule is CC1(C)CCC(CO)(Nc2ccc(F)cc2)CC1. The summed E-state index contributed by atoms with van der Waals surface area (Å²) in [5.74, 6) is -0.233. The van der Waals surface area contributed by atoms with Crippen LogP contribution >= 0.6 is 0 Å². The number of hydrogen-bond donors (Lipinski definition) is 2. The number of halogens is 1. The van der Waals surface area contributed by atoms with Crippen molar-refractivity contribution in [3.63, 3.8) is 0 Å². The average molecular weight is 251 g/mol. The molecule has 0 saturated heterocycles. The Labute approximate surface area is 108 Å². The Morgan fingerprint density at radius 2 is 1.67 bits per heavy atom. The molecular weight excluding hydrogens is 229 g/mol. The molecule has 18 heavy (non-hydrogen) atoms. The van der Waals surface area contributed by atoms with E-state index in [0.29, 0.717) is 5.41 Å². The second-order valence-electron chi connectivity index (χ2n) is 6.23. The van der Waals surface area contributed by atoms with Gasteiger partial charge >= 0.3 is 0 Å². The van der Waals surface area contributed by atoms with Crippen LogP contribution in [0.4, 0.5) is 10.1 Å². The predicted molar refractivity (Wildman–Crippen MR) is 72.1 cm³/mol.